The molecular formula is C11H24N2O2S2. The van der Waals surface area contributed by atoms with Crippen molar-refractivity contribution in [2.45, 2.75) is 43.9 Å². The fourth-order valence-corrected chi connectivity index (χ4v) is 4.55. The summed E-state index contributed by atoms with van der Waals surface area (Å²) in [7, 11) is -2.90. The Labute approximate surface area is 109 Å². The number of rotatable bonds is 6. The van der Waals surface area contributed by atoms with Gasteiger partial charge in [0.2, 0.25) is 0 Å². The quantitative estimate of drug-likeness (QED) is 0.564. The lowest BCUT2D eigenvalue weighted by molar-refractivity contribution is 0.288. The molecule has 4 nitrogen and oxygen atoms in total. The largest absolute Gasteiger partial charge is 0.271 e. The molecule has 1 saturated carbocycles. The van der Waals surface area contributed by atoms with Gasteiger partial charge in [-0.2, -0.15) is 11.8 Å². The first-order valence-corrected chi connectivity index (χ1v) is 9.32. The van der Waals surface area contributed by atoms with Crippen molar-refractivity contribution in [3.8, 4) is 0 Å². The van der Waals surface area contributed by atoms with Crippen LogP contribution in [0.4, 0.5) is 0 Å². The van der Waals surface area contributed by atoms with E-state index < -0.39 is 9.84 Å². The molecule has 0 aromatic rings. The molecule has 102 valence electrons. The van der Waals surface area contributed by atoms with Gasteiger partial charge in [0.15, 0.2) is 0 Å². The van der Waals surface area contributed by atoms with Gasteiger partial charge in [0.1, 0.15) is 9.84 Å². The second-order valence-corrected chi connectivity index (χ2v) is 8.46. The summed E-state index contributed by atoms with van der Waals surface area (Å²) >= 11 is 1.85. The van der Waals surface area contributed by atoms with Crippen LogP contribution >= 0.6 is 11.8 Å². The minimum absolute atomic E-state index is 0.163. The van der Waals surface area contributed by atoms with Crippen LogP contribution in [0.3, 0.4) is 0 Å². The van der Waals surface area contributed by atoms with Crippen LogP contribution in [-0.4, -0.2) is 37.5 Å². The van der Waals surface area contributed by atoms with Gasteiger partial charge in [0.05, 0.1) is 5.25 Å². The van der Waals surface area contributed by atoms with Crippen molar-refractivity contribution in [3.63, 3.8) is 0 Å². The molecule has 3 atom stereocenters. The molecule has 1 aliphatic rings. The Kier molecular flexibility index (Phi) is 6.26. The standard InChI is InChI=1S/C11H24N2O2S2/c1-3-16-8-11(13-12)9-5-4-6-10(7-9)17(2,14)15/h9-11,13H,3-8,12H2,1-2H3. The minimum Gasteiger partial charge on any atom is -0.271 e. The van der Waals surface area contributed by atoms with E-state index in [1.165, 1.54) is 6.26 Å². The number of hydrogen-bond acceptors (Lipinski definition) is 5. The Balaban J connectivity index is 2.58. The van der Waals surface area contributed by atoms with Crippen LogP contribution in [0.15, 0.2) is 0 Å². The fourth-order valence-electron chi connectivity index (χ4n) is 2.50. The highest BCUT2D eigenvalue weighted by molar-refractivity contribution is 7.99. The second-order valence-electron chi connectivity index (χ2n) is 4.81. The molecule has 3 N–H and O–H groups in total. The summed E-state index contributed by atoms with van der Waals surface area (Å²) in [5, 5.41) is -0.163. The Hall–Kier alpha value is 0.220. The highest BCUT2D eigenvalue weighted by Gasteiger charge is 2.32. The molecule has 0 bridgehead atoms. The smallest absolute Gasteiger partial charge is 0.150 e. The number of hydrogen-bond donors (Lipinski definition) is 2. The zero-order valence-corrected chi connectivity index (χ0v) is 12.3. The maximum atomic E-state index is 11.6. The Morgan fingerprint density at radius 2 is 2.18 bits per heavy atom. The Morgan fingerprint density at radius 1 is 1.47 bits per heavy atom. The second kappa shape index (κ2) is 6.97. The average Bonchev–Trinajstić information content (AvgIpc) is 2.29. The van der Waals surface area contributed by atoms with Crippen LogP contribution in [-0.2, 0) is 9.84 Å². The van der Waals surface area contributed by atoms with Gasteiger partial charge in [-0.05, 0) is 30.9 Å². The monoisotopic (exact) mass is 280 g/mol. The summed E-state index contributed by atoms with van der Waals surface area (Å²) in [6.45, 7) is 2.12. The predicted octanol–water partition coefficient (Wildman–Crippen LogP) is 1.17. The first-order chi connectivity index (χ1) is 7.99. The van der Waals surface area contributed by atoms with Crippen LogP contribution in [0.25, 0.3) is 0 Å². The zero-order chi connectivity index (χ0) is 12.9. The van der Waals surface area contributed by atoms with Crippen molar-refractivity contribution in [1.82, 2.24) is 5.43 Å². The highest BCUT2D eigenvalue weighted by Crippen LogP contribution is 2.31. The lowest BCUT2D eigenvalue weighted by atomic mass is 9.84. The van der Waals surface area contributed by atoms with Crippen LogP contribution in [0, 0.1) is 5.92 Å². The van der Waals surface area contributed by atoms with Gasteiger partial charge in [-0.15, -0.1) is 0 Å². The Bertz CT molecular complexity index is 319. The molecule has 1 rings (SSSR count). The van der Waals surface area contributed by atoms with Gasteiger partial charge >= 0.3 is 0 Å². The molecule has 0 saturated heterocycles. The fraction of sp³-hybridized carbons (Fsp3) is 1.00. The lowest BCUT2D eigenvalue weighted by Gasteiger charge is -2.33. The molecule has 6 heteroatoms. The molecule has 0 aromatic heterocycles. The molecule has 17 heavy (non-hydrogen) atoms. The summed E-state index contributed by atoms with van der Waals surface area (Å²) in [6.07, 6.45) is 5.01. The topological polar surface area (TPSA) is 72.2 Å². The summed E-state index contributed by atoms with van der Waals surface area (Å²) in [6, 6.07) is 0.240. The van der Waals surface area contributed by atoms with Gasteiger partial charge in [-0.25, -0.2) is 8.42 Å². The van der Waals surface area contributed by atoms with Crippen molar-refractivity contribution in [2.24, 2.45) is 11.8 Å². The number of hydrazine groups is 1. The summed E-state index contributed by atoms with van der Waals surface area (Å²) in [4.78, 5) is 0. The first kappa shape index (κ1) is 15.3. The summed E-state index contributed by atoms with van der Waals surface area (Å²) in [5.41, 5.74) is 2.86. The Morgan fingerprint density at radius 3 is 2.71 bits per heavy atom. The predicted molar refractivity (Wildman–Crippen MR) is 74.7 cm³/mol. The third-order valence-corrected chi connectivity index (χ3v) is 6.20. The van der Waals surface area contributed by atoms with Crippen molar-refractivity contribution >= 4 is 21.6 Å². The molecule has 0 aromatic carbocycles. The SMILES string of the molecule is CCSCC(NN)C1CCCC(S(C)(=O)=O)C1. The van der Waals surface area contributed by atoms with Crippen LogP contribution in [0.1, 0.15) is 32.6 Å². The van der Waals surface area contributed by atoms with E-state index in [0.717, 1.165) is 37.2 Å². The zero-order valence-electron chi connectivity index (χ0n) is 10.7. The molecular weight excluding hydrogens is 256 g/mol. The maximum absolute atomic E-state index is 11.6. The molecule has 0 heterocycles. The van der Waals surface area contributed by atoms with E-state index in [-0.39, 0.29) is 11.3 Å². The van der Waals surface area contributed by atoms with E-state index in [2.05, 4.69) is 12.3 Å². The molecule has 3 unspecified atom stereocenters. The van der Waals surface area contributed by atoms with Crippen LogP contribution in [0.5, 0.6) is 0 Å². The van der Waals surface area contributed by atoms with Gasteiger partial charge in [-0.1, -0.05) is 13.3 Å². The van der Waals surface area contributed by atoms with E-state index in [0.29, 0.717) is 5.92 Å². The third-order valence-electron chi connectivity index (χ3n) is 3.56. The van der Waals surface area contributed by atoms with Gasteiger partial charge in [-0.3, -0.25) is 11.3 Å². The van der Waals surface area contributed by atoms with Crippen LogP contribution in [0.2, 0.25) is 0 Å². The minimum atomic E-state index is -2.90. The molecule has 0 aliphatic heterocycles. The van der Waals surface area contributed by atoms with Crippen molar-refractivity contribution in [2.75, 3.05) is 17.8 Å². The first-order valence-electron chi connectivity index (χ1n) is 6.21. The van der Waals surface area contributed by atoms with Crippen molar-refractivity contribution < 1.29 is 8.42 Å². The molecule has 1 fully saturated rings. The van der Waals surface area contributed by atoms with Crippen molar-refractivity contribution in [1.29, 1.82) is 0 Å². The number of sulfone groups is 1. The van der Waals surface area contributed by atoms with E-state index in [9.17, 15) is 8.42 Å². The van der Waals surface area contributed by atoms with Gasteiger partial charge in [0, 0.05) is 18.1 Å². The molecule has 0 spiro atoms. The normalized spacial score (nSPS) is 27.9. The average molecular weight is 280 g/mol. The van der Waals surface area contributed by atoms with Crippen molar-refractivity contribution in [3.05, 3.63) is 0 Å². The molecule has 0 amide bonds. The maximum Gasteiger partial charge on any atom is 0.150 e. The van der Waals surface area contributed by atoms with E-state index in [4.69, 9.17) is 5.84 Å². The third kappa shape index (κ3) is 4.77. The van der Waals surface area contributed by atoms with E-state index in [1.54, 1.807) is 0 Å². The van der Waals surface area contributed by atoms with Gasteiger partial charge < -0.3 is 0 Å². The summed E-state index contributed by atoms with van der Waals surface area (Å²) in [5.74, 6) is 8.02. The lowest BCUT2D eigenvalue weighted by Crippen LogP contribution is -2.45. The highest BCUT2D eigenvalue weighted by atomic mass is 32.2. The van der Waals surface area contributed by atoms with Gasteiger partial charge in [0.25, 0.3) is 0 Å². The van der Waals surface area contributed by atoms with Crippen LogP contribution < -0.4 is 11.3 Å². The summed E-state index contributed by atoms with van der Waals surface area (Å²) < 4.78 is 23.2. The van der Waals surface area contributed by atoms with E-state index >= 15 is 0 Å². The number of nitrogens with one attached hydrogen (secondary N) is 1. The number of thioether (sulfide) groups is 1. The molecule has 0 radical (unpaired) electrons. The van der Waals surface area contributed by atoms with E-state index in [1.807, 2.05) is 11.8 Å². The molecule has 1 aliphatic carbocycles. The number of nitrogens with two attached hydrogens (primary N) is 1.